The maximum Gasteiger partial charge on any atom is 0.410 e. The molecule has 1 rings (SSSR count). The minimum Gasteiger partial charge on any atom is -0.481 e. The summed E-state index contributed by atoms with van der Waals surface area (Å²) in [6, 6.07) is 0. The van der Waals surface area contributed by atoms with Crippen LogP contribution < -0.4 is 0 Å². The molecule has 0 aromatic rings. The highest BCUT2D eigenvalue weighted by Crippen LogP contribution is 2.36. The molecule has 0 spiro atoms. The summed E-state index contributed by atoms with van der Waals surface area (Å²) in [6.07, 6.45) is 2.09. The van der Waals surface area contributed by atoms with Gasteiger partial charge in [-0.2, -0.15) is 0 Å². The number of aliphatic carboxylic acids is 1. The molecule has 0 radical (unpaired) electrons. The van der Waals surface area contributed by atoms with E-state index in [0.717, 1.165) is 6.42 Å². The molecular formula is C13H23NO4. The fourth-order valence-corrected chi connectivity index (χ4v) is 2.44. The fraction of sp³-hybridized carbons (Fsp3) is 0.846. The number of amides is 1. The number of carboxylic acid groups (broad SMARTS) is 1. The van der Waals surface area contributed by atoms with E-state index in [1.165, 1.54) is 0 Å². The second-order valence-corrected chi connectivity index (χ2v) is 5.26. The van der Waals surface area contributed by atoms with E-state index in [1.54, 1.807) is 18.7 Å². The van der Waals surface area contributed by atoms with Gasteiger partial charge in [-0.25, -0.2) is 4.79 Å². The Labute approximate surface area is 108 Å². The van der Waals surface area contributed by atoms with Crippen LogP contribution >= 0.6 is 0 Å². The Hall–Kier alpha value is -1.26. The summed E-state index contributed by atoms with van der Waals surface area (Å²) < 4.78 is 5.12. The number of piperidine rings is 1. The Morgan fingerprint density at radius 1 is 1.33 bits per heavy atom. The van der Waals surface area contributed by atoms with Crippen LogP contribution in [0.25, 0.3) is 0 Å². The van der Waals surface area contributed by atoms with Crippen molar-refractivity contribution in [2.45, 2.75) is 52.6 Å². The van der Waals surface area contributed by atoms with E-state index < -0.39 is 11.4 Å². The molecule has 18 heavy (non-hydrogen) atoms. The van der Waals surface area contributed by atoms with E-state index in [1.807, 2.05) is 6.92 Å². The Morgan fingerprint density at radius 3 is 2.28 bits per heavy atom. The lowest BCUT2D eigenvalue weighted by Gasteiger charge is -2.38. The lowest BCUT2D eigenvalue weighted by molar-refractivity contribution is -0.152. The van der Waals surface area contributed by atoms with Crippen LogP contribution in [-0.4, -0.2) is 41.3 Å². The first kappa shape index (κ1) is 14.8. The summed E-state index contributed by atoms with van der Waals surface area (Å²) in [5, 5.41) is 9.36. The minimum atomic E-state index is -0.735. The Bertz CT molecular complexity index is 306. The molecule has 0 aromatic carbocycles. The van der Waals surface area contributed by atoms with Gasteiger partial charge in [0.15, 0.2) is 0 Å². The quantitative estimate of drug-likeness (QED) is 0.840. The maximum atomic E-state index is 11.7. The fourth-order valence-electron chi connectivity index (χ4n) is 2.44. The van der Waals surface area contributed by atoms with Crippen LogP contribution in [-0.2, 0) is 9.53 Å². The monoisotopic (exact) mass is 257 g/mol. The van der Waals surface area contributed by atoms with E-state index in [0.29, 0.717) is 32.4 Å². The Balaban J connectivity index is 2.58. The first-order valence-corrected chi connectivity index (χ1v) is 6.60. The van der Waals surface area contributed by atoms with Gasteiger partial charge in [-0.3, -0.25) is 4.79 Å². The van der Waals surface area contributed by atoms with Crippen molar-refractivity contribution in [3.63, 3.8) is 0 Å². The molecule has 0 aliphatic carbocycles. The van der Waals surface area contributed by atoms with Crippen molar-refractivity contribution < 1.29 is 19.4 Å². The molecule has 1 aliphatic rings. The molecule has 1 N–H and O–H groups in total. The molecule has 0 aromatic heterocycles. The number of nitrogens with zero attached hydrogens (tertiary/aromatic N) is 1. The number of carboxylic acids is 1. The zero-order valence-electron chi connectivity index (χ0n) is 11.4. The predicted octanol–water partition coefficient (Wildman–Crippen LogP) is 2.50. The van der Waals surface area contributed by atoms with Gasteiger partial charge in [0.1, 0.15) is 0 Å². The summed E-state index contributed by atoms with van der Waals surface area (Å²) in [5.74, 6) is -0.735. The summed E-state index contributed by atoms with van der Waals surface area (Å²) >= 11 is 0. The standard InChI is InChI=1S/C13H23NO4/c1-4-5-13(11(15)16)6-8-14(9-7-13)12(17)18-10(2)3/h10H,4-9H2,1-3H3,(H,15,16). The summed E-state index contributed by atoms with van der Waals surface area (Å²) in [5.41, 5.74) is -0.649. The third-order valence-corrected chi connectivity index (χ3v) is 3.50. The van der Waals surface area contributed by atoms with Gasteiger partial charge in [-0.15, -0.1) is 0 Å². The smallest absolute Gasteiger partial charge is 0.410 e. The molecule has 1 heterocycles. The Kier molecular flexibility index (Phi) is 4.99. The van der Waals surface area contributed by atoms with Crippen LogP contribution in [0, 0.1) is 5.41 Å². The second kappa shape index (κ2) is 6.07. The molecule has 0 bridgehead atoms. The van der Waals surface area contributed by atoms with E-state index >= 15 is 0 Å². The van der Waals surface area contributed by atoms with Gasteiger partial charge in [-0.05, 0) is 33.1 Å². The van der Waals surface area contributed by atoms with Gasteiger partial charge in [0, 0.05) is 13.1 Å². The first-order chi connectivity index (χ1) is 8.41. The van der Waals surface area contributed by atoms with Crippen LogP contribution in [0.4, 0.5) is 4.79 Å². The number of likely N-dealkylation sites (tertiary alicyclic amines) is 1. The normalized spacial score (nSPS) is 18.8. The van der Waals surface area contributed by atoms with Crippen molar-refractivity contribution in [1.82, 2.24) is 4.90 Å². The SMILES string of the molecule is CCCC1(C(=O)O)CCN(C(=O)OC(C)C)CC1. The third kappa shape index (κ3) is 3.37. The van der Waals surface area contributed by atoms with Crippen molar-refractivity contribution in [3.05, 3.63) is 0 Å². The van der Waals surface area contributed by atoms with Crippen LogP contribution in [0.15, 0.2) is 0 Å². The number of carbonyl (C=O) groups excluding carboxylic acids is 1. The molecule has 0 unspecified atom stereocenters. The van der Waals surface area contributed by atoms with Gasteiger partial charge in [0.25, 0.3) is 0 Å². The molecule has 0 saturated carbocycles. The maximum absolute atomic E-state index is 11.7. The van der Waals surface area contributed by atoms with Crippen LogP contribution in [0.1, 0.15) is 46.5 Å². The molecule has 5 heteroatoms. The Morgan fingerprint density at radius 2 is 1.89 bits per heavy atom. The van der Waals surface area contributed by atoms with E-state index in [-0.39, 0.29) is 12.2 Å². The summed E-state index contributed by atoms with van der Waals surface area (Å²) in [6.45, 7) is 6.54. The van der Waals surface area contributed by atoms with Gasteiger partial charge >= 0.3 is 12.1 Å². The first-order valence-electron chi connectivity index (χ1n) is 6.60. The lowest BCUT2D eigenvalue weighted by Crippen LogP contribution is -2.47. The molecular weight excluding hydrogens is 234 g/mol. The second-order valence-electron chi connectivity index (χ2n) is 5.26. The minimum absolute atomic E-state index is 0.140. The molecule has 104 valence electrons. The van der Waals surface area contributed by atoms with Crippen molar-refractivity contribution >= 4 is 12.1 Å². The average Bonchev–Trinajstić information content (AvgIpc) is 2.29. The number of carbonyl (C=O) groups is 2. The highest BCUT2D eigenvalue weighted by Gasteiger charge is 2.41. The topological polar surface area (TPSA) is 66.8 Å². The van der Waals surface area contributed by atoms with Crippen molar-refractivity contribution in [3.8, 4) is 0 Å². The highest BCUT2D eigenvalue weighted by molar-refractivity contribution is 5.75. The molecule has 1 saturated heterocycles. The van der Waals surface area contributed by atoms with Crippen LogP contribution in [0.3, 0.4) is 0 Å². The van der Waals surface area contributed by atoms with Gasteiger partial charge < -0.3 is 14.7 Å². The van der Waals surface area contributed by atoms with Gasteiger partial charge in [0.2, 0.25) is 0 Å². The lowest BCUT2D eigenvalue weighted by atomic mass is 9.75. The summed E-state index contributed by atoms with van der Waals surface area (Å²) in [4.78, 5) is 24.7. The van der Waals surface area contributed by atoms with Gasteiger partial charge in [0.05, 0.1) is 11.5 Å². The van der Waals surface area contributed by atoms with E-state index in [4.69, 9.17) is 4.74 Å². The largest absolute Gasteiger partial charge is 0.481 e. The number of hydrogen-bond donors (Lipinski definition) is 1. The predicted molar refractivity (Wildman–Crippen MR) is 67.4 cm³/mol. The van der Waals surface area contributed by atoms with E-state index in [9.17, 15) is 14.7 Å². The van der Waals surface area contributed by atoms with E-state index in [2.05, 4.69) is 0 Å². The number of rotatable bonds is 4. The summed E-state index contributed by atoms with van der Waals surface area (Å²) in [7, 11) is 0. The number of hydrogen-bond acceptors (Lipinski definition) is 3. The van der Waals surface area contributed by atoms with Crippen LogP contribution in [0.5, 0.6) is 0 Å². The van der Waals surface area contributed by atoms with Gasteiger partial charge in [-0.1, -0.05) is 13.3 Å². The zero-order chi connectivity index (χ0) is 13.8. The van der Waals surface area contributed by atoms with Crippen LogP contribution in [0.2, 0.25) is 0 Å². The molecule has 1 amide bonds. The molecule has 1 fully saturated rings. The van der Waals surface area contributed by atoms with Crippen molar-refractivity contribution in [2.75, 3.05) is 13.1 Å². The molecule has 0 atom stereocenters. The average molecular weight is 257 g/mol. The molecule has 5 nitrogen and oxygen atoms in total. The molecule has 1 aliphatic heterocycles. The van der Waals surface area contributed by atoms with Crippen molar-refractivity contribution in [2.24, 2.45) is 5.41 Å². The third-order valence-electron chi connectivity index (χ3n) is 3.50. The van der Waals surface area contributed by atoms with Crippen molar-refractivity contribution in [1.29, 1.82) is 0 Å². The number of ether oxygens (including phenoxy) is 1. The highest BCUT2D eigenvalue weighted by atomic mass is 16.6. The zero-order valence-corrected chi connectivity index (χ0v) is 11.4.